The van der Waals surface area contributed by atoms with Crippen LogP contribution in [-0.4, -0.2) is 20.9 Å². The van der Waals surface area contributed by atoms with E-state index in [0.717, 1.165) is 18.2 Å². The molecule has 0 aliphatic heterocycles. The van der Waals surface area contributed by atoms with Gasteiger partial charge in [0.2, 0.25) is 11.9 Å². The van der Waals surface area contributed by atoms with Crippen molar-refractivity contribution in [3.8, 4) is 0 Å². The lowest BCUT2D eigenvalue weighted by molar-refractivity contribution is -0.139. The molecule has 0 saturated heterocycles. The van der Waals surface area contributed by atoms with Crippen molar-refractivity contribution in [2.75, 3.05) is 11.5 Å². The van der Waals surface area contributed by atoms with Crippen LogP contribution in [0.15, 0.2) is 30.3 Å². The van der Waals surface area contributed by atoms with E-state index in [9.17, 15) is 18.0 Å². The van der Waals surface area contributed by atoms with Gasteiger partial charge in [-0.2, -0.15) is 28.1 Å². The van der Waals surface area contributed by atoms with Crippen LogP contribution in [0.1, 0.15) is 17.0 Å². The highest BCUT2D eigenvalue weighted by Gasteiger charge is 2.30. The molecule has 10 heteroatoms. The van der Waals surface area contributed by atoms with Crippen LogP contribution in [0, 0.1) is 0 Å². The molecule has 24 heavy (non-hydrogen) atoms. The van der Waals surface area contributed by atoms with Crippen molar-refractivity contribution in [2.45, 2.75) is 12.8 Å². The number of hydrogen-bond donors (Lipinski definition) is 2. The Morgan fingerprint density at radius 2 is 1.83 bits per heavy atom. The fourth-order valence-corrected chi connectivity index (χ4v) is 1.69. The molecule has 2 rings (SSSR count). The zero-order valence-corrected chi connectivity index (χ0v) is 12.1. The van der Waals surface area contributed by atoms with Gasteiger partial charge in [-0.15, -0.1) is 0 Å². The summed E-state index contributed by atoms with van der Waals surface area (Å²) in [4.78, 5) is 22.6. The maximum absolute atomic E-state index is 12.6. The molecule has 0 spiro atoms. The van der Waals surface area contributed by atoms with E-state index in [-0.39, 0.29) is 29.9 Å². The summed E-state index contributed by atoms with van der Waals surface area (Å²) < 4.78 is 42.6. The molecule has 1 aromatic heterocycles. The zero-order chi connectivity index (χ0) is 17.7. The molecule has 0 bridgehead atoms. The lowest BCUT2D eigenvalue weighted by Crippen LogP contribution is -2.09. The molecule has 126 valence electrons. The summed E-state index contributed by atoms with van der Waals surface area (Å²) in [6, 6.07) is 4.51. The summed E-state index contributed by atoms with van der Waals surface area (Å²) in [5.41, 5.74) is 10.1. The molecule has 7 nitrogen and oxygen atoms in total. The van der Waals surface area contributed by atoms with Crippen molar-refractivity contribution in [1.82, 2.24) is 15.0 Å². The minimum Gasteiger partial charge on any atom is -0.454 e. The molecule has 0 saturated carbocycles. The van der Waals surface area contributed by atoms with E-state index in [1.54, 1.807) is 0 Å². The van der Waals surface area contributed by atoms with Gasteiger partial charge in [0.05, 0.1) is 5.56 Å². The zero-order valence-electron chi connectivity index (χ0n) is 12.1. The first-order valence-corrected chi connectivity index (χ1v) is 6.52. The first-order valence-electron chi connectivity index (χ1n) is 6.52. The molecule has 0 unspecified atom stereocenters. The Balaban J connectivity index is 1.98. The highest BCUT2D eigenvalue weighted by Crippen LogP contribution is 2.29. The van der Waals surface area contributed by atoms with Gasteiger partial charge in [-0.05, 0) is 23.8 Å². The lowest BCUT2D eigenvalue weighted by Gasteiger charge is -2.06. The number of anilines is 2. The predicted molar refractivity (Wildman–Crippen MR) is 78.9 cm³/mol. The molecule has 0 aliphatic rings. The van der Waals surface area contributed by atoms with E-state index in [2.05, 4.69) is 15.0 Å². The molecule has 0 fully saturated rings. The second-order valence-corrected chi connectivity index (χ2v) is 4.53. The molecular formula is C14H12F3N5O2. The number of esters is 1. The van der Waals surface area contributed by atoms with Crippen molar-refractivity contribution in [3.63, 3.8) is 0 Å². The predicted octanol–water partition coefficient (Wildman–Crippen LogP) is 1.81. The Bertz CT molecular complexity index is 757. The van der Waals surface area contributed by atoms with Crippen LogP contribution in [0.3, 0.4) is 0 Å². The highest BCUT2D eigenvalue weighted by molar-refractivity contribution is 5.87. The molecular weight excluding hydrogens is 327 g/mol. The number of nitrogens with two attached hydrogens (primary N) is 2. The van der Waals surface area contributed by atoms with Gasteiger partial charge < -0.3 is 16.2 Å². The number of ether oxygens (including phenoxy) is 1. The minimum atomic E-state index is -4.46. The van der Waals surface area contributed by atoms with Crippen LogP contribution in [0.2, 0.25) is 0 Å². The Morgan fingerprint density at radius 1 is 1.17 bits per heavy atom. The fraction of sp³-hybridized carbons (Fsp3) is 0.143. The van der Waals surface area contributed by atoms with Crippen LogP contribution in [0.4, 0.5) is 25.1 Å². The Labute approximate surface area is 134 Å². The summed E-state index contributed by atoms with van der Waals surface area (Å²) in [5.74, 6) is -0.966. The van der Waals surface area contributed by atoms with Crippen molar-refractivity contribution in [2.24, 2.45) is 0 Å². The Hall–Kier alpha value is -3.17. The average molecular weight is 339 g/mol. The highest BCUT2D eigenvalue weighted by atomic mass is 19.4. The first kappa shape index (κ1) is 17.2. The number of nitrogen functional groups attached to an aromatic ring is 2. The van der Waals surface area contributed by atoms with Gasteiger partial charge in [0, 0.05) is 6.08 Å². The van der Waals surface area contributed by atoms with Gasteiger partial charge in [0.25, 0.3) is 0 Å². The fourth-order valence-electron chi connectivity index (χ4n) is 1.69. The van der Waals surface area contributed by atoms with Crippen molar-refractivity contribution in [1.29, 1.82) is 0 Å². The van der Waals surface area contributed by atoms with Crippen LogP contribution in [-0.2, 0) is 22.3 Å². The molecule has 0 radical (unpaired) electrons. The van der Waals surface area contributed by atoms with Crippen LogP contribution < -0.4 is 11.5 Å². The van der Waals surface area contributed by atoms with E-state index in [0.29, 0.717) is 0 Å². The number of halogens is 3. The van der Waals surface area contributed by atoms with Gasteiger partial charge in [0.1, 0.15) is 0 Å². The maximum atomic E-state index is 12.6. The molecule has 0 amide bonds. The van der Waals surface area contributed by atoms with E-state index >= 15 is 0 Å². The molecule has 1 aromatic carbocycles. The summed E-state index contributed by atoms with van der Waals surface area (Å²) in [6.07, 6.45) is -2.26. The molecule has 1 heterocycles. The van der Waals surface area contributed by atoms with Gasteiger partial charge >= 0.3 is 12.1 Å². The molecule has 0 aliphatic carbocycles. The SMILES string of the molecule is Nc1nc(N)nc(COC(=O)/C=C/c2cccc(C(F)(F)F)c2)n1. The summed E-state index contributed by atoms with van der Waals surface area (Å²) in [5, 5.41) is 0. The van der Waals surface area contributed by atoms with E-state index in [4.69, 9.17) is 16.2 Å². The van der Waals surface area contributed by atoms with E-state index < -0.39 is 17.7 Å². The van der Waals surface area contributed by atoms with Gasteiger partial charge in [-0.3, -0.25) is 0 Å². The second-order valence-electron chi connectivity index (χ2n) is 4.53. The van der Waals surface area contributed by atoms with Crippen molar-refractivity contribution < 1.29 is 22.7 Å². The van der Waals surface area contributed by atoms with Crippen LogP contribution >= 0.6 is 0 Å². The smallest absolute Gasteiger partial charge is 0.416 e. The van der Waals surface area contributed by atoms with E-state index in [1.165, 1.54) is 18.2 Å². The monoisotopic (exact) mass is 339 g/mol. The van der Waals surface area contributed by atoms with Crippen LogP contribution in [0.5, 0.6) is 0 Å². The van der Waals surface area contributed by atoms with Gasteiger partial charge in [-0.1, -0.05) is 12.1 Å². The quantitative estimate of drug-likeness (QED) is 0.644. The minimum absolute atomic E-state index is 0.0563. The second kappa shape index (κ2) is 6.94. The van der Waals surface area contributed by atoms with Crippen molar-refractivity contribution >= 4 is 23.9 Å². The van der Waals surface area contributed by atoms with Gasteiger partial charge in [0.15, 0.2) is 12.4 Å². The largest absolute Gasteiger partial charge is 0.454 e. The number of aromatic nitrogens is 3. The third kappa shape index (κ3) is 4.93. The summed E-state index contributed by atoms with van der Waals surface area (Å²) >= 11 is 0. The number of carbonyl (C=O) groups is 1. The number of rotatable bonds is 4. The third-order valence-corrected chi connectivity index (χ3v) is 2.69. The number of alkyl halides is 3. The first-order chi connectivity index (χ1) is 11.2. The standard InChI is InChI=1S/C14H12F3N5O2/c15-14(16,17)9-3-1-2-8(6-9)4-5-11(23)24-7-10-20-12(18)22-13(19)21-10/h1-6H,7H2,(H4,18,19,20,21,22)/b5-4+. The van der Waals surface area contributed by atoms with Crippen LogP contribution in [0.25, 0.3) is 6.08 Å². The Morgan fingerprint density at radius 3 is 2.46 bits per heavy atom. The molecule has 0 atom stereocenters. The summed E-state index contributed by atoms with van der Waals surface area (Å²) in [6.45, 7) is -0.303. The lowest BCUT2D eigenvalue weighted by atomic mass is 10.1. The average Bonchev–Trinajstić information content (AvgIpc) is 2.49. The number of carbonyl (C=O) groups excluding carboxylic acids is 1. The topological polar surface area (TPSA) is 117 Å². The van der Waals surface area contributed by atoms with Gasteiger partial charge in [-0.25, -0.2) is 4.79 Å². The van der Waals surface area contributed by atoms with Crippen molar-refractivity contribution in [3.05, 3.63) is 47.3 Å². The Kier molecular flexibility index (Phi) is 4.97. The number of hydrogen-bond acceptors (Lipinski definition) is 7. The van der Waals surface area contributed by atoms with E-state index in [1.807, 2.05) is 0 Å². The molecule has 2 aromatic rings. The number of nitrogens with zero attached hydrogens (tertiary/aromatic N) is 3. The summed E-state index contributed by atoms with van der Waals surface area (Å²) in [7, 11) is 0. The molecule has 4 N–H and O–H groups in total. The third-order valence-electron chi connectivity index (χ3n) is 2.69. The maximum Gasteiger partial charge on any atom is 0.416 e. The number of benzene rings is 1. The normalized spacial score (nSPS) is 11.6.